The van der Waals surface area contributed by atoms with Gasteiger partial charge in [0.05, 0.1) is 24.4 Å². The molecule has 26 heavy (non-hydrogen) atoms. The first-order valence-electron chi connectivity index (χ1n) is 8.44. The highest BCUT2D eigenvalue weighted by Gasteiger charge is 2.41. The zero-order valence-corrected chi connectivity index (χ0v) is 17.9. The van der Waals surface area contributed by atoms with Crippen LogP contribution >= 0.6 is 24.0 Å². The van der Waals surface area contributed by atoms with Gasteiger partial charge in [-0.05, 0) is 25.7 Å². The van der Waals surface area contributed by atoms with Crippen molar-refractivity contribution in [1.29, 1.82) is 0 Å². The normalized spacial score (nSPS) is 21.1. The van der Waals surface area contributed by atoms with Gasteiger partial charge in [0.15, 0.2) is 5.96 Å². The third-order valence-electron chi connectivity index (χ3n) is 4.65. The molecule has 1 aliphatic rings. The van der Waals surface area contributed by atoms with Gasteiger partial charge in [-0.15, -0.1) is 24.0 Å². The third-order valence-corrected chi connectivity index (χ3v) is 4.65. The lowest BCUT2D eigenvalue weighted by Gasteiger charge is -2.31. The van der Waals surface area contributed by atoms with E-state index in [4.69, 9.17) is 0 Å². The maximum Gasteiger partial charge on any atom is 0.391 e. The largest absolute Gasteiger partial charge is 0.391 e. The minimum absolute atomic E-state index is 0. The van der Waals surface area contributed by atoms with Crippen molar-refractivity contribution in [1.82, 2.24) is 20.2 Å². The summed E-state index contributed by atoms with van der Waals surface area (Å²) in [4.78, 5) is 10.4. The number of alkyl halides is 3. The Kier molecular flexibility index (Phi) is 8.48. The molecule has 1 saturated carbocycles. The molecule has 1 heterocycles. The minimum Gasteiger partial charge on any atom is -0.354 e. The Morgan fingerprint density at radius 3 is 2.38 bits per heavy atom. The van der Waals surface area contributed by atoms with E-state index in [1.165, 1.54) is 0 Å². The molecule has 6 nitrogen and oxygen atoms in total. The van der Waals surface area contributed by atoms with Crippen molar-refractivity contribution in [2.75, 3.05) is 26.0 Å². The zero-order valence-electron chi connectivity index (χ0n) is 15.6. The summed E-state index contributed by atoms with van der Waals surface area (Å²) in [6.45, 7) is 0.537. The summed E-state index contributed by atoms with van der Waals surface area (Å²) in [6.07, 6.45) is -0.931. The molecule has 0 amide bonds. The average Bonchev–Trinajstić information content (AvgIpc) is 2.92. The van der Waals surface area contributed by atoms with Crippen molar-refractivity contribution < 1.29 is 13.2 Å². The fraction of sp³-hybridized carbons (Fsp3) is 0.750. The smallest absolute Gasteiger partial charge is 0.354 e. The second-order valence-corrected chi connectivity index (χ2v) is 6.66. The van der Waals surface area contributed by atoms with Crippen molar-refractivity contribution in [2.24, 2.45) is 18.0 Å². The van der Waals surface area contributed by atoms with Crippen LogP contribution in [0.3, 0.4) is 0 Å². The van der Waals surface area contributed by atoms with Crippen molar-refractivity contribution >= 4 is 35.9 Å². The number of hydrogen-bond acceptors (Lipinski definition) is 3. The molecule has 1 aromatic rings. The summed E-state index contributed by atoms with van der Waals surface area (Å²) in [6, 6.07) is 0.0219. The van der Waals surface area contributed by atoms with Crippen LogP contribution in [0.4, 0.5) is 19.1 Å². The topological polar surface area (TPSA) is 57.5 Å². The summed E-state index contributed by atoms with van der Waals surface area (Å²) in [5.41, 5.74) is 0.993. The fourth-order valence-electron chi connectivity index (χ4n) is 3.14. The third kappa shape index (κ3) is 5.92. The van der Waals surface area contributed by atoms with Crippen molar-refractivity contribution in [2.45, 2.75) is 44.4 Å². The lowest BCUT2D eigenvalue weighted by atomic mass is 9.85. The number of hydrogen-bond donors (Lipinski definition) is 2. The quantitative estimate of drug-likeness (QED) is 0.389. The Balaban J connectivity index is 0.00000338. The predicted octanol–water partition coefficient (Wildman–Crippen LogP) is 2.89. The average molecular weight is 488 g/mol. The summed E-state index contributed by atoms with van der Waals surface area (Å²) >= 11 is 0. The lowest BCUT2D eigenvalue weighted by Crippen LogP contribution is -2.45. The molecular formula is C16H28F3IN6. The number of imidazole rings is 1. The number of halogens is 4. The van der Waals surface area contributed by atoms with Crippen LogP contribution in [0.1, 0.15) is 31.4 Å². The summed E-state index contributed by atoms with van der Waals surface area (Å²) in [5.74, 6) is 0.285. The number of rotatable bonds is 4. The summed E-state index contributed by atoms with van der Waals surface area (Å²) in [7, 11) is 7.45. The van der Waals surface area contributed by atoms with Crippen LogP contribution in [-0.4, -0.2) is 48.9 Å². The monoisotopic (exact) mass is 488 g/mol. The van der Waals surface area contributed by atoms with Gasteiger partial charge in [0.2, 0.25) is 5.95 Å². The fourth-order valence-corrected chi connectivity index (χ4v) is 3.14. The van der Waals surface area contributed by atoms with Crippen LogP contribution in [0.5, 0.6) is 0 Å². The first-order chi connectivity index (χ1) is 11.7. The van der Waals surface area contributed by atoms with E-state index in [-0.39, 0.29) is 42.9 Å². The van der Waals surface area contributed by atoms with Crippen molar-refractivity contribution in [3.8, 4) is 0 Å². The van der Waals surface area contributed by atoms with Gasteiger partial charge in [0, 0.05) is 34.2 Å². The lowest BCUT2D eigenvalue weighted by molar-refractivity contribution is -0.182. The summed E-state index contributed by atoms with van der Waals surface area (Å²) < 4.78 is 40.2. The molecule has 0 aromatic carbocycles. The van der Waals surface area contributed by atoms with Gasteiger partial charge in [-0.1, -0.05) is 0 Å². The first kappa shape index (κ1) is 22.8. The Morgan fingerprint density at radius 1 is 1.31 bits per heavy atom. The van der Waals surface area contributed by atoms with Gasteiger partial charge in [0.1, 0.15) is 0 Å². The molecule has 1 aromatic heterocycles. The van der Waals surface area contributed by atoms with E-state index in [9.17, 15) is 13.2 Å². The Hall–Kier alpha value is -1.20. The first-order valence-corrected chi connectivity index (χ1v) is 8.44. The molecule has 1 aliphatic carbocycles. The molecule has 150 valence electrons. The van der Waals surface area contributed by atoms with Crippen LogP contribution in [0.2, 0.25) is 0 Å². The minimum atomic E-state index is -4.07. The number of aliphatic imine (C=N–C) groups is 1. The number of nitrogens with one attached hydrogen (secondary N) is 2. The number of anilines is 1. The van der Waals surface area contributed by atoms with Crippen LogP contribution < -0.4 is 15.5 Å². The van der Waals surface area contributed by atoms with Gasteiger partial charge in [-0.25, -0.2) is 4.98 Å². The Morgan fingerprint density at radius 2 is 1.92 bits per heavy atom. The highest BCUT2D eigenvalue weighted by molar-refractivity contribution is 14.0. The maximum atomic E-state index is 12.7. The second kappa shape index (κ2) is 9.65. The summed E-state index contributed by atoms with van der Waals surface area (Å²) in [5, 5.41) is 6.43. The number of nitrogens with zero attached hydrogens (tertiary/aromatic N) is 4. The van der Waals surface area contributed by atoms with Crippen LogP contribution in [0.15, 0.2) is 11.2 Å². The number of guanidine groups is 1. The molecule has 2 rings (SSSR count). The second-order valence-electron chi connectivity index (χ2n) is 6.66. The molecule has 0 bridgehead atoms. The van der Waals surface area contributed by atoms with Gasteiger partial charge >= 0.3 is 6.18 Å². The molecule has 10 heteroatoms. The van der Waals surface area contributed by atoms with Crippen LogP contribution in [0.25, 0.3) is 0 Å². The molecule has 0 spiro atoms. The SMILES string of the molecule is CN=C(NCc1cnc(N(C)C)n1C)NC1CCC(C(F)(F)F)CC1.I. The van der Waals surface area contributed by atoms with E-state index >= 15 is 0 Å². The van der Waals surface area contributed by atoms with E-state index in [0.717, 1.165) is 11.6 Å². The molecule has 0 unspecified atom stereocenters. The maximum absolute atomic E-state index is 12.7. The van der Waals surface area contributed by atoms with E-state index in [1.807, 2.05) is 30.6 Å². The molecular weight excluding hydrogens is 460 g/mol. The molecule has 2 N–H and O–H groups in total. The van der Waals surface area contributed by atoms with E-state index in [1.54, 1.807) is 13.2 Å². The van der Waals surface area contributed by atoms with E-state index < -0.39 is 12.1 Å². The standard InChI is InChI=1S/C16H27F3N6.HI/c1-20-14(21-9-13-10-22-15(24(2)3)25(13)4)23-12-7-5-11(6-8-12)16(17,18)19;/h10-12H,5-9H2,1-4H3,(H2,20,21,23);1H. The molecule has 1 fully saturated rings. The van der Waals surface area contributed by atoms with Gasteiger partial charge < -0.3 is 20.1 Å². The molecule has 0 saturated heterocycles. The van der Waals surface area contributed by atoms with Gasteiger partial charge in [-0.2, -0.15) is 13.2 Å². The van der Waals surface area contributed by atoms with Gasteiger partial charge in [-0.3, -0.25) is 4.99 Å². The van der Waals surface area contributed by atoms with Crippen LogP contribution in [-0.2, 0) is 13.6 Å². The predicted molar refractivity (Wildman–Crippen MR) is 108 cm³/mol. The highest BCUT2D eigenvalue weighted by atomic mass is 127. The molecule has 0 radical (unpaired) electrons. The Bertz CT molecular complexity index is 591. The number of aromatic nitrogens is 2. The van der Waals surface area contributed by atoms with E-state index in [0.29, 0.717) is 25.3 Å². The van der Waals surface area contributed by atoms with Crippen LogP contribution in [0, 0.1) is 5.92 Å². The molecule has 0 aliphatic heterocycles. The van der Waals surface area contributed by atoms with Crippen molar-refractivity contribution in [3.05, 3.63) is 11.9 Å². The molecule has 0 atom stereocenters. The van der Waals surface area contributed by atoms with Crippen molar-refractivity contribution in [3.63, 3.8) is 0 Å². The van der Waals surface area contributed by atoms with Gasteiger partial charge in [0.25, 0.3) is 0 Å². The zero-order chi connectivity index (χ0) is 18.6. The van der Waals surface area contributed by atoms with E-state index in [2.05, 4.69) is 20.6 Å². The highest BCUT2D eigenvalue weighted by Crippen LogP contribution is 2.37. The Labute approximate surface area is 169 Å².